The highest BCUT2D eigenvalue weighted by Crippen LogP contribution is 2.08. The lowest BCUT2D eigenvalue weighted by Gasteiger charge is -2.27. The quantitative estimate of drug-likeness (QED) is 0.643. The summed E-state index contributed by atoms with van der Waals surface area (Å²) in [5.41, 5.74) is 0. The van der Waals surface area contributed by atoms with Gasteiger partial charge in [-0.15, -0.1) is 0 Å². The molecule has 1 aliphatic heterocycles. The number of hydrogen-bond donors (Lipinski definition) is 3. The van der Waals surface area contributed by atoms with Gasteiger partial charge in [0.15, 0.2) is 0 Å². The highest BCUT2D eigenvalue weighted by molar-refractivity contribution is 5.81. The summed E-state index contributed by atoms with van der Waals surface area (Å²) in [5.74, 6) is 0.394. The first-order chi connectivity index (χ1) is 7.75. The fraction of sp³-hybridized carbons (Fsp3) is 0.364. The Labute approximate surface area is 93.4 Å². The topological polar surface area (TPSA) is 70.6 Å². The second kappa shape index (κ2) is 4.96. The molecular formula is C11H14N2O3. The minimum Gasteiger partial charge on any atom is -0.490 e. The van der Waals surface area contributed by atoms with Crippen molar-refractivity contribution in [2.75, 3.05) is 13.2 Å². The van der Waals surface area contributed by atoms with Crippen molar-refractivity contribution in [1.82, 2.24) is 10.6 Å². The van der Waals surface area contributed by atoms with E-state index in [1.54, 1.807) is 0 Å². The fourth-order valence-electron chi connectivity index (χ4n) is 1.46. The molecule has 0 aromatic heterocycles. The molecule has 0 aliphatic carbocycles. The van der Waals surface area contributed by atoms with Crippen LogP contribution in [0.5, 0.6) is 5.75 Å². The third-order valence-corrected chi connectivity index (χ3v) is 2.34. The lowest BCUT2D eigenvalue weighted by Crippen LogP contribution is -2.60. The van der Waals surface area contributed by atoms with Crippen molar-refractivity contribution in [3.05, 3.63) is 30.3 Å². The lowest BCUT2D eigenvalue weighted by molar-refractivity contribution is -0.132. The van der Waals surface area contributed by atoms with Crippen LogP contribution in [0.25, 0.3) is 0 Å². The summed E-state index contributed by atoms with van der Waals surface area (Å²) in [7, 11) is 0. The summed E-state index contributed by atoms with van der Waals surface area (Å²) in [6.07, 6.45) is -1.22. The second-order valence-corrected chi connectivity index (χ2v) is 3.61. The van der Waals surface area contributed by atoms with Gasteiger partial charge in [-0.05, 0) is 12.1 Å². The number of ether oxygens (including phenoxy) is 1. The van der Waals surface area contributed by atoms with Crippen LogP contribution in [-0.2, 0) is 4.79 Å². The van der Waals surface area contributed by atoms with Crippen LogP contribution in [0, 0.1) is 0 Å². The molecule has 2 unspecified atom stereocenters. The molecule has 16 heavy (non-hydrogen) atoms. The van der Waals surface area contributed by atoms with Gasteiger partial charge in [0.2, 0.25) is 0 Å². The highest BCUT2D eigenvalue weighted by atomic mass is 16.5. The number of aliphatic hydroxyl groups excluding tert-OH is 1. The van der Waals surface area contributed by atoms with Crippen LogP contribution in [0.1, 0.15) is 0 Å². The number of rotatable bonds is 3. The van der Waals surface area contributed by atoms with E-state index in [9.17, 15) is 4.79 Å². The molecule has 1 fully saturated rings. The molecule has 1 amide bonds. The van der Waals surface area contributed by atoms with Crippen molar-refractivity contribution in [3.8, 4) is 5.75 Å². The predicted octanol–water partition coefficient (Wildman–Crippen LogP) is -0.528. The van der Waals surface area contributed by atoms with Crippen LogP contribution in [-0.4, -0.2) is 36.4 Å². The van der Waals surface area contributed by atoms with Gasteiger partial charge >= 0.3 is 0 Å². The van der Waals surface area contributed by atoms with Crippen molar-refractivity contribution in [3.63, 3.8) is 0 Å². The number of benzene rings is 1. The van der Waals surface area contributed by atoms with E-state index in [1.807, 2.05) is 30.3 Å². The van der Waals surface area contributed by atoms with E-state index in [0.29, 0.717) is 6.61 Å². The van der Waals surface area contributed by atoms with Crippen molar-refractivity contribution in [2.45, 2.75) is 12.3 Å². The van der Waals surface area contributed by atoms with Crippen LogP contribution in [0.3, 0.4) is 0 Å². The average Bonchev–Trinajstić information content (AvgIpc) is 2.32. The Hall–Kier alpha value is -1.59. The first kappa shape index (κ1) is 10.9. The van der Waals surface area contributed by atoms with Crippen LogP contribution < -0.4 is 15.4 Å². The van der Waals surface area contributed by atoms with Gasteiger partial charge in [0.1, 0.15) is 24.6 Å². The number of carbonyl (C=O) groups is 1. The summed E-state index contributed by atoms with van der Waals surface area (Å²) in [6.45, 7) is 0.594. The number of hydrogen-bond acceptors (Lipinski definition) is 4. The Morgan fingerprint density at radius 3 is 2.81 bits per heavy atom. The molecule has 3 N–H and O–H groups in total. The van der Waals surface area contributed by atoms with E-state index in [-0.39, 0.29) is 18.6 Å². The van der Waals surface area contributed by atoms with Gasteiger partial charge in [-0.3, -0.25) is 10.1 Å². The first-order valence-electron chi connectivity index (χ1n) is 5.15. The summed E-state index contributed by atoms with van der Waals surface area (Å²) in [5, 5.41) is 14.7. The minimum absolute atomic E-state index is 0.254. The van der Waals surface area contributed by atoms with Gasteiger partial charge < -0.3 is 15.2 Å². The van der Waals surface area contributed by atoms with Crippen LogP contribution in [0.4, 0.5) is 0 Å². The van der Waals surface area contributed by atoms with E-state index in [2.05, 4.69) is 10.6 Å². The van der Waals surface area contributed by atoms with Gasteiger partial charge in [0.25, 0.3) is 5.91 Å². The van der Waals surface area contributed by atoms with E-state index < -0.39 is 6.10 Å². The molecule has 1 aromatic carbocycles. The van der Waals surface area contributed by atoms with Crippen molar-refractivity contribution in [1.29, 1.82) is 0 Å². The van der Waals surface area contributed by atoms with Crippen molar-refractivity contribution in [2.24, 2.45) is 0 Å². The van der Waals surface area contributed by atoms with E-state index in [0.717, 1.165) is 5.75 Å². The average molecular weight is 222 g/mol. The first-order valence-corrected chi connectivity index (χ1v) is 5.15. The Balaban J connectivity index is 1.81. The normalized spacial score (nSPS) is 24.9. The molecular weight excluding hydrogens is 208 g/mol. The zero-order valence-corrected chi connectivity index (χ0v) is 8.72. The number of para-hydroxylation sites is 1. The largest absolute Gasteiger partial charge is 0.490 e. The highest BCUT2D eigenvalue weighted by Gasteiger charge is 2.25. The molecule has 0 spiro atoms. The standard InChI is InChI=1S/C11H14N2O3/c14-9-6-12-10(13-11(9)15)7-16-8-4-2-1-3-5-8/h1-5,9-10,12,14H,6-7H2,(H,13,15). The molecule has 1 heterocycles. The van der Waals surface area contributed by atoms with Gasteiger partial charge in [0.05, 0.1) is 0 Å². The maximum atomic E-state index is 11.2. The Kier molecular flexibility index (Phi) is 3.38. The number of aliphatic hydroxyl groups is 1. The maximum Gasteiger partial charge on any atom is 0.251 e. The zero-order chi connectivity index (χ0) is 11.4. The van der Waals surface area contributed by atoms with E-state index in [4.69, 9.17) is 9.84 Å². The Morgan fingerprint density at radius 1 is 1.38 bits per heavy atom. The van der Waals surface area contributed by atoms with Crippen molar-refractivity contribution >= 4 is 5.91 Å². The number of β-amino-alcohol motifs (C(OH)–C–C–N with tert-alkyl or cyclic N) is 1. The molecule has 0 bridgehead atoms. The van der Waals surface area contributed by atoms with Gasteiger partial charge in [-0.1, -0.05) is 18.2 Å². The van der Waals surface area contributed by atoms with Gasteiger partial charge in [-0.2, -0.15) is 0 Å². The van der Waals surface area contributed by atoms with Crippen LogP contribution in [0.15, 0.2) is 30.3 Å². The molecule has 5 heteroatoms. The number of carbonyl (C=O) groups excluding carboxylic acids is 1. The minimum atomic E-state index is -0.965. The Morgan fingerprint density at radius 2 is 2.12 bits per heavy atom. The molecule has 1 aromatic rings. The molecule has 2 rings (SSSR count). The van der Waals surface area contributed by atoms with Crippen molar-refractivity contribution < 1.29 is 14.6 Å². The molecule has 1 aliphatic rings. The summed E-state index contributed by atoms with van der Waals surface area (Å²) in [4.78, 5) is 11.2. The smallest absolute Gasteiger partial charge is 0.251 e. The lowest BCUT2D eigenvalue weighted by atomic mass is 10.2. The third-order valence-electron chi connectivity index (χ3n) is 2.34. The van der Waals surface area contributed by atoms with Crippen LogP contribution in [0.2, 0.25) is 0 Å². The maximum absolute atomic E-state index is 11.2. The molecule has 0 saturated carbocycles. The molecule has 2 atom stereocenters. The summed E-state index contributed by atoms with van der Waals surface area (Å²) in [6, 6.07) is 9.36. The van der Waals surface area contributed by atoms with E-state index >= 15 is 0 Å². The summed E-state index contributed by atoms with van der Waals surface area (Å²) < 4.78 is 5.47. The molecule has 5 nitrogen and oxygen atoms in total. The molecule has 86 valence electrons. The summed E-state index contributed by atoms with van der Waals surface area (Å²) >= 11 is 0. The third kappa shape index (κ3) is 2.71. The number of amides is 1. The zero-order valence-electron chi connectivity index (χ0n) is 8.72. The van der Waals surface area contributed by atoms with Crippen LogP contribution >= 0.6 is 0 Å². The molecule has 1 saturated heterocycles. The molecule has 0 radical (unpaired) electrons. The number of nitrogens with one attached hydrogen (secondary N) is 2. The Bertz CT molecular complexity index is 356. The second-order valence-electron chi connectivity index (χ2n) is 3.61. The monoisotopic (exact) mass is 222 g/mol. The van der Waals surface area contributed by atoms with Gasteiger partial charge in [0, 0.05) is 6.54 Å². The van der Waals surface area contributed by atoms with E-state index in [1.165, 1.54) is 0 Å². The SMILES string of the molecule is O=C1NC(COc2ccccc2)NCC1O. The predicted molar refractivity (Wildman–Crippen MR) is 57.9 cm³/mol. The van der Waals surface area contributed by atoms with Gasteiger partial charge in [-0.25, -0.2) is 0 Å². The fourth-order valence-corrected chi connectivity index (χ4v) is 1.46.